The van der Waals surface area contributed by atoms with Crippen molar-refractivity contribution in [2.45, 2.75) is 49.5 Å². The molecular weight excluding hydrogens is 312 g/mol. The van der Waals surface area contributed by atoms with Gasteiger partial charge in [0, 0.05) is 25.0 Å². The molecule has 5 nitrogen and oxygen atoms in total. The summed E-state index contributed by atoms with van der Waals surface area (Å²) in [6, 6.07) is 8.21. The molecule has 0 radical (unpaired) electrons. The molecule has 1 aliphatic carbocycles. The van der Waals surface area contributed by atoms with Crippen molar-refractivity contribution in [2.75, 3.05) is 13.1 Å². The van der Waals surface area contributed by atoms with Gasteiger partial charge in [-0.25, -0.2) is 13.1 Å². The van der Waals surface area contributed by atoms with Crippen molar-refractivity contribution in [1.29, 1.82) is 0 Å². The van der Waals surface area contributed by atoms with E-state index in [1.54, 1.807) is 30.3 Å². The van der Waals surface area contributed by atoms with Crippen LogP contribution in [0.15, 0.2) is 35.2 Å². The van der Waals surface area contributed by atoms with Crippen LogP contribution in [0.4, 0.5) is 0 Å². The summed E-state index contributed by atoms with van der Waals surface area (Å²) >= 11 is 0. The third-order valence-electron chi connectivity index (χ3n) is 4.81. The summed E-state index contributed by atoms with van der Waals surface area (Å²) in [5.74, 6) is 0.366. The zero-order valence-corrected chi connectivity index (χ0v) is 14.1. The van der Waals surface area contributed by atoms with Crippen LogP contribution in [0.2, 0.25) is 0 Å². The van der Waals surface area contributed by atoms with Crippen molar-refractivity contribution in [2.24, 2.45) is 5.92 Å². The van der Waals surface area contributed by atoms with Crippen LogP contribution in [0.3, 0.4) is 0 Å². The highest BCUT2D eigenvalue weighted by atomic mass is 32.2. The Kier molecular flexibility index (Phi) is 5.02. The lowest BCUT2D eigenvalue weighted by molar-refractivity contribution is -0.136. The van der Waals surface area contributed by atoms with Gasteiger partial charge in [0.05, 0.1) is 4.90 Å². The summed E-state index contributed by atoms with van der Waals surface area (Å²) in [6.45, 7) is 1.24. The number of likely N-dealkylation sites (tertiary alicyclic amines) is 1. The monoisotopic (exact) mass is 336 g/mol. The van der Waals surface area contributed by atoms with Crippen LogP contribution < -0.4 is 4.72 Å². The van der Waals surface area contributed by atoms with E-state index in [1.807, 2.05) is 4.90 Å². The predicted octanol–water partition coefficient (Wildman–Crippen LogP) is 2.15. The first-order valence-electron chi connectivity index (χ1n) is 8.42. The first-order chi connectivity index (χ1) is 11.1. The second-order valence-corrected chi connectivity index (χ2v) is 8.25. The minimum Gasteiger partial charge on any atom is -0.341 e. The van der Waals surface area contributed by atoms with Gasteiger partial charge < -0.3 is 4.90 Å². The number of nitrogens with zero attached hydrogens (tertiary/aromatic N) is 1. The van der Waals surface area contributed by atoms with Crippen LogP contribution in [0.1, 0.15) is 38.5 Å². The van der Waals surface area contributed by atoms with Crippen LogP contribution >= 0.6 is 0 Å². The van der Waals surface area contributed by atoms with E-state index in [0.29, 0.717) is 6.54 Å². The lowest BCUT2D eigenvalue weighted by atomic mass is 10.0. The van der Waals surface area contributed by atoms with Crippen LogP contribution in [-0.4, -0.2) is 38.4 Å². The number of sulfonamides is 1. The largest absolute Gasteiger partial charge is 0.341 e. The molecule has 0 unspecified atom stereocenters. The van der Waals surface area contributed by atoms with Crippen LogP contribution in [0, 0.1) is 5.92 Å². The molecule has 126 valence electrons. The fourth-order valence-electron chi connectivity index (χ4n) is 3.59. The molecule has 1 N–H and O–H groups in total. The average molecular weight is 336 g/mol. The Labute approximate surface area is 138 Å². The van der Waals surface area contributed by atoms with Gasteiger partial charge in [-0.05, 0) is 37.8 Å². The van der Waals surface area contributed by atoms with Crippen molar-refractivity contribution in [3.8, 4) is 0 Å². The Balaban J connectivity index is 1.63. The lowest BCUT2D eigenvalue weighted by Gasteiger charge is -2.34. The molecule has 6 heteroatoms. The third kappa shape index (κ3) is 3.93. The van der Waals surface area contributed by atoms with Gasteiger partial charge in [-0.2, -0.15) is 0 Å². The summed E-state index contributed by atoms with van der Waals surface area (Å²) in [4.78, 5) is 14.7. The molecule has 0 spiro atoms. The van der Waals surface area contributed by atoms with E-state index in [-0.39, 0.29) is 22.8 Å². The number of piperidine rings is 1. The molecular formula is C17H24N2O3S. The summed E-state index contributed by atoms with van der Waals surface area (Å²) < 4.78 is 27.6. The Morgan fingerprint density at radius 1 is 1.04 bits per heavy atom. The van der Waals surface area contributed by atoms with Crippen LogP contribution in [-0.2, 0) is 14.8 Å². The van der Waals surface area contributed by atoms with Gasteiger partial charge in [-0.15, -0.1) is 0 Å². The summed E-state index contributed by atoms with van der Waals surface area (Å²) in [6.07, 6.45) is 5.86. The topological polar surface area (TPSA) is 66.5 Å². The zero-order chi connectivity index (χ0) is 16.3. The maximum absolute atomic E-state index is 12.5. The van der Waals surface area contributed by atoms with Gasteiger partial charge in [-0.1, -0.05) is 31.0 Å². The van der Waals surface area contributed by atoms with Gasteiger partial charge in [-0.3, -0.25) is 4.79 Å². The highest BCUT2D eigenvalue weighted by Crippen LogP contribution is 2.27. The Bertz CT molecular complexity index is 639. The van der Waals surface area contributed by atoms with E-state index >= 15 is 0 Å². The van der Waals surface area contributed by atoms with Gasteiger partial charge in [0.25, 0.3) is 0 Å². The molecule has 1 aromatic rings. The van der Waals surface area contributed by atoms with Crippen LogP contribution in [0.5, 0.6) is 0 Å². The molecule has 2 aliphatic rings. The first-order valence-corrected chi connectivity index (χ1v) is 9.91. The van der Waals surface area contributed by atoms with Gasteiger partial charge >= 0.3 is 0 Å². The fourth-order valence-corrected chi connectivity index (χ4v) is 4.87. The normalized spacial score (nSPS) is 23.1. The van der Waals surface area contributed by atoms with Crippen LogP contribution in [0.25, 0.3) is 0 Å². The number of hydrogen-bond donors (Lipinski definition) is 1. The van der Waals surface area contributed by atoms with Crippen molar-refractivity contribution < 1.29 is 13.2 Å². The second kappa shape index (κ2) is 7.01. The van der Waals surface area contributed by atoms with E-state index in [4.69, 9.17) is 0 Å². The highest BCUT2D eigenvalue weighted by Gasteiger charge is 2.32. The average Bonchev–Trinajstić information content (AvgIpc) is 3.09. The smallest absolute Gasteiger partial charge is 0.240 e. The van der Waals surface area contributed by atoms with E-state index in [2.05, 4.69) is 4.72 Å². The minimum absolute atomic E-state index is 0.152. The molecule has 1 heterocycles. The minimum atomic E-state index is -3.52. The van der Waals surface area contributed by atoms with Crippen molar-refractivity contribution in [3.63, 3.8) is 0 Å². The molecule has 1 aromatic carbocycles. The molecule has 1 saturated heterocycles. The molecule has 3 rings (SSSR count). The lowest BCUT2D eigenvalue weighted by Crippen LogP contribution is -2.50. The summed E-state index contributed by atoms with van der Waals surface area (Å²) in [5, 5.41) is 0. The van der Waals surface area contributed by atoms with E-state index in [0.717, 1.165) is 45.1 Å². The molecule has 2 fully saturated rings. The van der Waals surface area contributed by atoms with E-state index in [1.165, 1.54) is 0 Å². The second-order valence-electron chi connectivity index (χ2n) is 6.54. The van der Waals surface area contributed by atoms with E-state index < -0.39 is 10.0 Å². The Hall–Kier alpha value is -1.40. The number of amides is 1. The standard InChI is InChI=1S/C17H24N2O3S/c20-17(14-7-4-5-8-14)19-12-6-9-15(13-19)18-23(21,22)16-10-2-1-3-11-16/h1-3,10-11,14-15,18H,4-9,12-13H2/t15-/m0/s1. The molecule has 1 aliphatic heterocycles. The number of hydrogen-bond acceptors (Lipinski definition) is 3. The number of carbonyl (C=O) groups excluding carboxylic acids is 1. The molecule has 1 amide bonds. The maximum atomic E-state index is 12.5. The zero-order valence-electron chi connectivity index (χ0n) is 13.3. The highest BCUT2D eigenvalue weighted by molar-refractivity contribution is 7.89. The number of nitrogens with one attached hydrogen (secondary N) is 1. The summed E-state index contributed by atoms with van der Waals surface area (Å²) in [7, 11) is -3.52. The molecule has 1 atom stereocenters. The van der Waals surface area contributed by atoms with E-state index in [9.17, 15) is 13.2 Å². The van der Waals surface area contributed by atoms with Crippen molar-refractivity contribution in [1.82, 2.24) is 9.62 Å². The van der Waals surface area contributed by atoms with Crippen molar-refractivity contribution in [3.05, 3.63) is 30.3 Å². The molecule has 1 saturated carbocycles. The fraction of sp³-hybridized carbons (Fsp3) is 0.588. The van der Waals surface area contributed by atoms with Gasteiger partial charge in [0.1, 0.15) is 0 Å². The quantitative estimate of drug-likeness (QED) is 0.916. The van der Waals surface area contributed by atoms with Gasteiger partial charge in [0.15, 0.2) is 0 Å². The number of benzene rings is 1. The Morgan fingerprint density at radius 2 is 1.74 bits per heavy atom. The third-order valence-corrected chi connectivity index (χ3v) is 6.35. The summed E-state index contributed by atoms with van der Waals surface area (Å²) in [5.41, 5.74) is 0. The Morgan fingerprint density at radius 3 is 2.43 bits per heavy atom. The molecule has 0 bridgehead atoms. The predicted molar refractivity (Wildman–Crippen MR) is 88.3 cm³/mol. The first kappa shape index (κ1) is 16.5. The molecule has 0 aromatic heterocycles. The number of rotatable bonds is 4. The number of carbonyl (C=O) groups is 1. The maximum Gasteiger partial charge on any atom is 0.240 e. The van der Waals surface area contributed by atoms with Crippen molar-refractivity contribution >= 4 is 15.9 Å². The molecule has 23 heavy (non-hydrogen) atoms. The SMILES string of the molecule is O=C(C1CCCC1)N1CCC[C@H](NS(=O)(=O)c2ccccc2)C1. The van der Waals surface area contributed by atoms with Gasteiger partial charge in [0.2, 0.25) is 15.9 Å².